The van der Waals surface area contributed by atoms with Crippen LogP contribution in [0.2, 0.25) is 0 Å². The molecule has 0 aliphatic carbocycles. The van der Waals surface area contributed by atoms with Crippen LogP contribution in [-0.2, 0) is 6.54 Å². The van der Waals surface area contributed by atoms with Crippen LogP contribution in [0.5, 0.6) is 0 Å². The van der Waals surface area contributed by atoms with Crippen molar-refractivity contribution in [1.29, 1.82) is 0 Å². The first-order chi connectivity index (χ1) is 14.9. The minimum absolute atomic E-state index is 0.00255. The molecule has 0 aliphatic rings. The van der Waals surface area contributed by atoms with Gasteiger partial charge >= 0.3 is 5.69 Å². The van der Waals surface area contributed by atoms with Crippen molar-refractivity contribution in [3.63, 3.8) is 0 Å². The van der Waals surface area contributed by atoms with Crippen LogP contribution in [0, 0.1) is 0 Å². The Bertz CT molecular complexity index is 1420. The van der Waals surface area contributed by atoms with Crippen molar-refractivity contribution < 1.29 is 4.79 Å². The Kier molecular flexibility index (Phi) is 5.37. The van der Waals surface area contributed by atoms with Crippen molar-refractivity contribution in [2.45, 2.75) is 39.7 Å². The molecule has 4 rings (SSSR count). The predicted molar refractivity (Wildman–Crippen MR) is 121 cm³/mol. The van der Waals surface area contributed by atoms with Crippen LogP contribution in [-0.4, -0.2) is 25.4 Å². The van der Waals surface area contributed by atoms with Gasteiger partial charge in [0, 0.05) is 17.6 Å². The van der Waals surface area contributed by atoms with Crippen molar-refractivity contribution in [2.24, 2.45) is 0 Å². The van der Waals surface area contributed by atoms with E-state index in [1.165, 1.54) is 4.57 Å². The first-order valence-corrected chi connectivity index (χ1v) is 10.2. The van der Waals surface area contributed by atoms with E-state index in [9.17, 15) is 14.4 Å². The SMILES string of the molecule is CCCn1c(=O)[nH]c(=O)c2c(C(=O)Nc3cnc4ccccc4c3)cc(C(C)C)nc21. The summed E-state index contributed by atoms with van der Waals surface area (Å²) < 4.78 is 1.41. The van der Waals surface area contributed by atoms with Gasteiger partial charge in [0.1, 0.15) is 0 Å². The summed E-state index contributed by atoms with van der Waals surface area (Å²) in [6.45, 7) is 6.20. The predicted octanol–water partition coefficient (Wildman–Crippen LogP) is 3.42. The van der Waals surface area contributed by atoms with E-state index in [-0.39, 0.29) is 22.5 Å². The van der Waals surface area contributed by atoms with Crippen LogP contribution in [0.15, 0.2) is 52.2 Å². The number of rotatable bonds is 5. The van der Waals surface area contributed by atoms with Gasteiger partial charge in [-0.1, -0.05) is 39.0 Å². The average Bonchev–Trinajstić information content (AvgIpc) is 2.75. The number of H-pyrrole nitrogens is 1. The highest BCUT2D eigenvalue weighted by molar-refractivity contribution is 6.12. The highest BCUT2D eigenvalue weighted by Crippen LogP contribution is 2.22. The molecule has 1 aromatic carbocycles. The lowest BCUT2D eigenvalue weighted by atomic mass is 10.0. The van der Waals surface area contributed by atoms with Crippen LogP contribution in [0.25, 0.3) is 21.9 Å². The summed E-state index contributed by atoms with van der Waals surface area (Å²) in [6, 6.07) is 11.0. The lowest BCUT2D eigenvalue weighted by Gasteiger charge is -2.14. The molecule has 0 saturated carbocycles. The van der Waals surface area contributed by atoms with E-state index < -0.39 is 17.2 Å². The summed E-state index contributed by atoms with van der Waals surface area (Å²) in [5, 5.41) is 3.82. The Morgan fingerprint density at radius 1 is 1.19 bits per heavy atom. The van der Waals surface area contributed by atoms with Crippen molar-refractivity contribution in [2.75, 3.05) is 5.32 Å². The number of hydrogen-bond acceptors (Lipinski definition) is 5. The maximum absolute atomic E-state index is 13.2. The lowest BCUT2D eigenvalue weighted by Crippen LogP contribution is -2.32. The highest BCUT2D eigenvalue weighted by atomic mass is 16.2. The van der Waals surface area contributed by atoms with Crippen LogP contribution in [0.4, 0.5) is 5.69 Å². The molecular formula is C23H23N5O3. The average molecular weight is 417 g/mol. The molecule has 31 heavy (non-hydrogen) atoms. The normalized spacial score (nSPS) is 11.4. The minimum atomic E-state index is -0.628. The van der Waals surface area contributed by atoms with Gasteiger partial charge in [-0.3, -0.25) is 24.1 Å². The number of nitrogens with one attached hydrogen (secondary N) is 2. The maximum atomic E-state index is 13.2. The zero-order chi connectivity index (χ0) is 22.1. The van der Waals surface area contributed by atoms with Gasteiger partial charge in [-0.25, -0.2) is 9.78 Å². The summed E-state index contributed by atoms with van der Waals surface area (Å²) in [5.41, 5.74) is 1.20. The number of carbonyl (C=O) groups is 1. The number of aromatic amines is 1. The second kappa shape index (κ2) is 8.14. The number of aromatic nitrogens is 4. The van der Waals surface area contributed by atoms with E-state index in [1.54, 1.807) is 12.3 Å². The monoisotopic (exact) mass is 417 g/mol. The van der Waals surface area contributed by atoms with Gasteiger partial charge in [-0.05, 0) is 30.5 Å². The number of para-hydroxylation sites is 1. The Labute approximate surface area is 178 Å². The molecule has 0 atom stereocenters. The summed E-state index contributed by atoms with van der Waals surface area (Å²) in [5.74, 6) is -0.457. The molecule has 1 amide bonds. The van der Waals surface area contributed by atoms with Gasteiger partial charge in [0.2, 0.25) is 0 Å². The molecule has 0 fully saturated rings. The molecular weight excluding hydrogens is 394 g/mol. The second-order valence-electron chi connectivity index (χ2n) is 7.73. The van der Waals surface area contributed by atoms with E-state index in [4.69, 9.17) is 0 Å². The van der Waals surface area contributed by atoms with Crippen LogP contribution < -0.4 is 16.6 Å². The number of hydrogen-bond donors (Lipinski definition) is 2. The Morgan fingerprint density at radius 2 is 1.97 bits per heavy atom. The number of benzene rings is 1. The lowest BCUT2D eigenvalue weighted by molar-refractivity contribution is 0.102. The highest BCUT2D eigenvalue weighted by Gasteiger charge is 2.20. The van der Waals surface area contributed by atoms with E-state index in [1.807, 2.05) is 51.1 Å². The Morgan fingerprint density at radius 3 is 2.71 bits per heavy atom. The van der Waals surface area contributed by atoms with Gasteiger partial charge in [0.25, 0.3) is 11.5 Å². The number of nitrogens with zero attached hydrogens (tertiary/aromatic N) is 3. The number of pyridine rings is 2. The Hall–Kier alpha value is -3.81. The van der Waals surface area contributed by atoms with E-state index in [0.717, 1.165) is 10.9 Å². The molecule has 8 nitrogen and oxygen atoms in total. The third kappa shape index (κ3) is 3.84. The Balaban J connectivity index is 1.88. The van der Waals surface area contributed by atoms with Crippen molar-refractivity contribution in [3.05, 3.63) is 74.7 Å². The number of carbonyl (C=O) groups excluding carboxylic acids is 1. The first kappa shape index (κ1) is 20.5. The first-order valence-electron chi connectivity index (χ1n) is 10.2. The zero-order valence-electron chi connectivity index (χ0n) is 17.6. The molecule has 8 heteroatoms. The molecule has 0 bridgehead atoms. The van der Waals surface area contributed by atoms with Crippen LogP contribution in [0.1, 0.15) is 49.2 Å². The molecule has 0 aliphatic heterocycles. The fraction of sp³-hybridized carbons (Fsp3) is 0.261. The third-order valence-corrected chi connectivity index (χ3v) is 5.10. The largest absolute Gasteiger partial charge is 0.329 e. The molecule has 3 aromatic heterocycles. The second-order valence-corrected chi connectivity index (χ2v) is 7.73. The van der Waals surface area contributed by atoms with Crippen molar-refractivity contribution >= 4 is 33.5 Å². The van der Waals surface area contributed by atoms with E-state index in [0.29, 0.717) is 24.3 Å². The van der Waals surface area contributed by atoms with Crippen molar-refractivity contribution in [1.82, 2.24) is 19.5 Å². The molecule has 2 N–H and O–H groups in total. The number of anilines is 1. The standard InChI is InChI=1S/C23H23N5O3/c1-4-9-28-20-19(22(30)27-23(28)31)16(11-18(26-20)13(2)3)21(29)25-15-10-14-7-5-6-8-17(14)24-12-15/h5-8,10-13H,4,9H2,1-3H3,(H,25,29)(H,27,30,31). The molecule has 0 unspecified atom stereocenters. The number of aryl methyl sites for hydroxylation is 1. The third-order valence-electron chi connectivity index (χ3n) is 5.10. The molecule has 3 heterocycles. The zero-order valence-corrected chi connectivity index (χ0v) is 17.6. The molecule has 0 radical (unpaired) electrons. The van der Waals surface area contributed by atoms with E-state index in [2.05, 4.69) is 20.3 Å². The van der Waals surface area contributed by atoms with Crippen LogP contribution in [0.3, 0.4) is 0 Å². The van der Waals surface area contributed by atoms with Gasteiger partial charge < -0.3 is 5.32 Å². The van der Waals surface area contributed by atoms with Gasteiger partial charge in [-0.2, -0.15) is 0 Å². The quantitative estimate of drug-likeness (QED) is 0.517. The fourth-order valence-electron chi connectivity index (χ4n) is 3.54. The topological polar surface area (TPSA) is 110 Å². The molecule has 0 spiro atoms. The van der Waals surface area contributed by atoms with Gasteiger partial charge in [0.15, 0.2) is 5.65 Å². The fourth-order valence-corrected chi connectivity index (χ4v) is 3.54. The maximum Gasteiger partial charge on any atom is 0.329 e. The molecule has 0 saturated heterocycles. The summed E-state index contributed by atoms with van der Waals surface area (Å²) in [6.07, 6.45) is 2.25. The molecule has 4 aromatic rings. The number of fused-ring (bicyclic) bond motifs is 2. The van der Waals surface area contributed by atoms with Gasteiger partial charge in [0.05, 0.1) is 28.4 Å². The van der Waals surface area contributed by atoms with Gasteiger partial charge in [-0.15, -0.1) is 0 Å². The number of amides is 1. The van der Waals surface area contributed by atoms with Crippen LogP contribution >= 0.6 is 0 Å². The smallest absolute Gasteiger partial charge is 0.321 e. The van der Waals surface area contributed by atoms with Crippen molar-refractivity contribution in [3.8, 4) is 0 Å². The summed E-state index contributed by atoms with van der Waals surface area (Å²) in [4.78, 5) is 49.5. The molecule has 158 valence electrons. The summed E-state index contributed by atoms with van der Waals surface area (Å²) in [7, 11) is 0. The van der Waals surface area contributed by atoms with E-state index >= 15 is 0 Å². The summed E-state index contributed by atoms with van der Waals surface area (Å²) >= 11 is 0. The minimum Gasteiger partial charge on any atom is -0.321 e.